The lowest BCUT2D eigenvalue weighted by Gasteiger charge is -2.43. The molecule has 2 fully saturated rings. The molecule has 0 bridgehead atoms. The largest absolute Gasteiger partial charge is 0.0683 e. The van der Waals surface area contributed by atoms with Crippen molar-refractivity contribution in [3.8, 4) is 0 Å². The van der Waals surface area contributed by atoms with E-state index in [4.69, 9.17) is 0 Å². The van der Waals surface area contributed by atoms with Crippen LogP contribution in [0.1, 0.15) is 80.1 Å². The lowest BCUT2D eigenvalue weighted by Crippen LogP contribution is -2.34. The quantitative estimate of drug-likeness (QED) is 0.481. The molecule has 4 unspecified atom stereocenters. The van der Waals surface area contributed by atoms with Crippen LogP contribution in [0.5, 0.6) is 0 Å². The first-order valence-corrected chi connectivity index (χ1v) is 7.79. The third-order valence-electron chi connectivity index (χ3n) is 4.41. The SMILES string of the molecule is CC.CC.CC1CCC(C)C2CCCCC12. The molecule has 98 valence electrons. The van der Waals surface area contributed by atoms with Crippen LogP contribution in [0.15, 0.2) is 0 Å². The van der Waals surface area contributed by atoms with Crippen molar-refractivity contribution < 1.29 is 0 Å². The van der Waals surface area contributed by atoms with Crippen molar-refractivity contribution in [2.45, 2.75) is 80.1 Å². The molecule has 0 aromatic rings. The minimum Gasteiger partial charge on any atom is -0.0683 e. The number of fused-ring (bicyclic) bond motifs is 1. The molecule has 0 radical (unpaired) electrons. The standard InChI is InChI=1S/C12H22.2C2H6/c1-9-7-8-10(2)12-6-4-3-5-11(9)12;2*1-2/h9-12H,3-8H2,1-2H3;2*1-2H3. The zero-order valence-electron chi connectivity index (χ0n) is 12.6. The molecule has 0 saturated heterocycles. The molecule has 2 aliphatic carbocycles. The Morgan fingerprint density at radius 1 is 0.562 bits per heavy atom. The maximum atomic E-state index is 2.48. The number of rotatable bonds is 0. The Hall–Kier alpha value is 0. The first-order valence-electron chi connectivity index (χ1n) is 7.79. The van der Waals surface area contributed by atoms with E-state index < -0.39 is 0 Å². The van der Waals surface area contributed by atoms with Crippen molar-refractivity contribution in [2.24, 2.45) is 23.7 Å². The van der Waals surface area contributed by atoms with Gasteiger partial charge >= 0.3 is 0 Å². The van der Waals surface area contributed by atoms with Crippen molar-refractivity contribution in [3.63, 3.8) is 0 Å². The van der Waals surface area contributed by atoms with Crippen molar-refractivity contribution >= 4 is 0 Å². The maximum absolute atomic E-state index is 2.48. The molecule has 0 heteroatoms. The predicted octanol–water partition coefficient (Wildman–Crippen LogP) is 5.91. The van der Waals surface area contributed by atoms with E-state index in [1.807, 2.05) is 27.7 Å². The Morgan fingerprint density at radius 3 is 1.19 bits per heavy atom. The van der Waals surface area contributed by atoms with E-state index in [1.54, 1.807) is 0 Å². The van der Waals surface area contributed by atoms with Crippen LogP contribution in [0.3, 0.4) is 0 Å². The summed E-state index contributed by atoms with van der Waals surface area (Å²) in [4.78, 5) is 0. The summed E-state index contributed by atoms with van der Waals surface area (Å²) in [6, 6.07) is 0. The van der Waals surface area contributed by atoms with E-state index in [9.17, 15) is 0 Å². The van der Waals surface area contributed by atoms with Crippen LogP contribution in [-0.2, 0) is 0 Å². The van der Waals surface area contributed by atoms with Crippen molar-refractivity contribution in [2.75, 3.05) is 0 Å². The van der Waals surface area contributed by atoms with Gasteiger partial charge in [0.15, 0.2) is 0 Å². The lowest BCUT2D eigenvalue weighted by molar-refractivity contribution is 0.0672. The molecule has 0 spiro atoms. The van der Waals surface area contributed by atoms with Crippen LogP contribution >= 0.6 is 0 Å². The van der Waals surface area contributed by atoms with Crippen LogP contribution in [0.4, 0.5) is 0 Å². The molecule has 2 saturated carbocycles. The van der Waals surface area contributed by atoms with Gasteiger partial charge in [0.1, 0.15) is 0 Å². The van der Waals surface area contributed by atoms with Gasteiger partial charge in [-0.05, 0) is 36.5 Å². The van der Waals surface area contributed by atoms with Crippen LogP contribution in [0, 0.1) is 23.7 Å². The van der Waals surface area contributed by atoms with Gasteiger partial charge in [0, 0.05) is 0 Å². The maximum Gasteiger partial charge on any atom is -0.0358 e. The summed E-state index contributed by atoms with van der Waals surface area (Å²) >= 11 is 0. The Kier molecular flexibility index (Phi) is 9.07. The van der Waals surface area contributed by atoms with Gasteiger partial charge in [0.05, 0.1) is 0 Å². The first-order chi connectivity index (χ1) is 7.79. The van der Waals surface area contributed by atoms with E-state index in [0.717, 1.165) is 23.7 Å². The Balaban J connectivity index is 0.000000509. The highest BCUT2D eigenvalue weighted by Gasteiger charge is 2.36. The number of hydrogen-bond acceptors (Lipinski definition) is 0. The van der Waals surface area contributed by atoms with Gasteiger partial charge < -0.3 is 0 Å². The van der Waals surface area contributed by atoms with Crippen LogP contribution in [-0.4, -0.2) is 0 Å². The molecule has 0 N–H and O–H groups in total. The number of hydrogen-bond donors (Lipinski definition) is 0. The van der Waals surface area contributed by atoms with Gasteiger partial charge in [-0.25, -0.2) is 0 Å². The summed E-state index contributed by atoms with van der Waals surface area (Å²) in [5, 5.41) is 0. The molecule has 0 aliphatic heterocycles. The van der Waals surface area contributed by atoms with Gasteiger partial charge in [-0.2, -0.15) is 0 Å². The fourth-order valence-corrected chi connectivity index (χ4v) is 3.56. The highest BCUT2D eigenvalue weighted by Crippen LogP contribution is 2.46. The van der Waals surface area contributed by atoms with E-state index in [2.05, 4.69) is 13.8 Å². The third kappa shape index (κ3) is 4.11. The van der Waals surface area contributed by atoms with Gasteiger partial charge in [-0.1, -0.05) is 67.2 Å². The van der Waals surface area contributed by atoms with Gasteiger partial charge in [0.2, 0.25) is 0 Å². The molecule has 0 nitrogen and oxygen atoms in total. The average Bonchev–Trinajstić information content (AvgIpc) is 2.39. The van der Waals surface area contributed by atoms with Gasteiger partial charge in [-0.3, -0.25) is 0 Å². The van der Waals surface area contributed by atoms with Gasteiger partial charge in [0.25, 0.3) is 0 Å². The molecule has 0 aromatic heterocycles. The molecule has 0 heterocycles. The molecule has 2 rings (SSSR count). The Labute approximate surface area is 104 Å². The van der Waals surface area contributed by atoms with Crippen molar-refractivity contribution in [1.29, 1.82) is 0 Å². The second-order valence-electron chi connectivity index (χ2n) is 5.14. The molecule has 0 aromatic carbocycles. The van der Waals surface area contributed by atoms with Crippen molar-refractivity contribution in [3.05, 3.63) is 0 Å². The smallest absolute Gasteiger partial charge is 0.0358 e. The van der Waals surface area contributed by atoms with Crippen molar-refractivity contribution in [1.82, 2.24) is 0 Å². The molecule has 4 atom stereocenters. The highest BCUT2D eigenvalue weighted by molar-refractivity contribution is 4.86. The third-order valence-corrected chi connectivity index (χ3v) is 4.41. The van der Waals surface area contributed by atoms with E-state index in [1.165, 1.54) is 38.5 Å². The van der Waals surface area contributed by atoms with Crippen LogP contribution < -0.4 is 0 Å². The monoisotopic (exact) mass is 226 g/mol. The lowest BCUT2D eigenvalue weighted by atomic mass is 9.62. The Bertz CT molecular complexity index is 132. The predicted molar refractivity (Wildman–Crippen MR) is 75.7 cm³/mol. The van der Waals surface area contributed by atoms with Gasteiger partial charge in [-0.15, -0.1) is 0 Å². The van der Waals surface area contributed by atoms with E-state index in [0.29, 0.717) is 0 Å². The summed E-state index contributed by atoms with van der Waals surface area (Å²) in [5.41, 5.74) is 0. The molecular formula is C16H34. The zero-order chi connectivity index (χ0) is 12.6. The summed E-state index contributed by atoms with van der Waals surface area (Å²) in [5.74, 6) is 4.27. The van der Waals surface area contributed by atoms with Crippen LogP contribution in [0.25, 0.3) is 0 Å². The normalized spacial score (nSPS) is 37.1. The average molecular weight is 226 g/mol. The second kappa shape index (κ2) is 9.07. The summed E-state index contributed by atoms with van der Waals surface area (Å²) in [7, 11) is 0. The summed E-state index contributed by atoms with van der Waals surface area (Å²) in [6.45, 7) is 13.0. The second-order valence-corrected chi connectivity index (χ2v) is 5.14. The van der Waals surface area contributed by atoms with Crippen LogP contribution in [0.2, 0.25) is 0 Å². The highest BCUT2D eigenvalue weighted by atomic mass is 14.4. The molecular weight excluding hydrogens is 192 g/mol. The summed E-state index contributed by atoms with van der Waals surface area (Å²) < 4.78 is 0. The molecule has 0 amide bonds. The Morgan fingerprint density at radius 2 is 0.875 bits per heavy atom. The fourth-order valence-electron chi connectivity index (χ4n) is 3.56. The zero-order valence-corrected chi connectivity index (χ0v) is 12.6. The minimum atomic E-state index is 1.03. The minimum absolute atomic E-state index is 1.03. The fraction of sp³-hybridized carbons (Fsp3) is 1.00. The molecule has 16 heavy (non-hydrogen) atoms. The van der Waals surface area contributed by atoms with E-state index >= 15 is 0 Å². The topological polar surface area (TPSA) is 0 Å². The van der Waals surface area contributed by atoms with E-state index in [-0.39, 0.29) is 0 Å². The molecule has 2 aliphatic rings. The first kappa shape index (κ1) is 16.0. The summed E-state index contributed by atoms with van der Waals surface area (Å²) in [6.07, 6.45) is 9.10.